The predicted octanol–water partition coefficient (Wildman–Crippen LogP) is 13.5. The standard InChI is InChI=1S/C28H42NO6PS.C25H33NO4S.C3H8O2P/c1-7-35-36(6,34)28(33)16-12-21(13-17-28)29(25(30)20-10-8-19(2)9-11-20)23-18-22(14-15-27(3,4)5)37-24(23)26(31)32;1-16-5-7-17(8-6-16)23(28)26(18-9-11-19(27)12-10-18)21-15-20(13-14-25(2,3)4)31-22(21)24(29)30;1-3-5-6(2)4/h18-21,33H,7-13,16-17H2,1-6H3,(H,31,32);15-18H,5-12H2,1-4H3,(H,29,30);3H2,1-2H3/q;;+1. The van der Waals surface area contributed by atoms with Gasteiger partial charge >= 0.3 is 20.0 Å². The van der Waals surface area contributed by atoms with E-state index in [0.717, 1.165) is 74.0 Å². The van der Waals surface area contributed by atoms with Crippen LogP contribution in [0.25, 0.3) is 0 Å². The third-order valence-corrected chi connectivity index (χ3v) is 19.5. The lowest BCUT2D eigenvalue weighted by atomic mass is 9.81. The number of hydrogen-bond donors (Lipinski definition) is 3. The van der Waals surface area contributed by atoms with Crippen molar-refractivity contribution in [1.29, 1.82) is 0 Å². The van der Waals surface area contributed by atoms with Gasteiger partial charge in [0.2, 0.25) is 19.2 Å². The van der Waals surface area contributed by atoms with Gasteiger partial charge in [-0.2, -0.15) is 0 Å². The Bertz CT molecular complexity index is 2460. The molecule has 4 aliphatic carbocycles. The Morgan fingerprint density at radius 1 is 0.703 bits per heavy atom. The maximum atomic E-state index is 14.0. The fraction of sp³-hybridized carbons (Fsp3) is 0.696. The largest absolute Gasteiger partial charge is 0.504 e. The fourth-order valence-corrected chi connectivity index (χ4v) is 13.8. The van der Waals surface area contributed by atoms with E-state index in [-0.39, 0.29) is 81.5 Å². The third-order valence-electron chi connectivity index (χ3n) is 14.1. The summed E-state index contributed by atoms with van der Waals surface area (Å²) in [6.07, 6.45) is 10.6. The van der Waals surface area contributed by atoms with Gasteiger partial charge in [0, 0.05) is 54.3 Å². The first-order valence-electron chi connectivity index (χ1n) is 26.5. The van der Waals surface area contributed by atoms with Crippen molar-refractivity contribution in [3.05, 3.63) is 31.6 Å². The molecule has 0 aliphatic heterocycles. The minimum atomic E-state index is -3.27. The van der Waals surface area contributed by atoms with Crippen LogP contribution in [0.15, 0.2) is 12.1 Å². The quantitative estimate of drug-likeness (QED) is 0.127. The smallest absolute Gasteiger partial charge is 0.477 e. The number of aromatic carboxylic acids is 2. The van der Waals surface area contributed by atoms with Gasteiger partial charge in [0.05, 0.1) is 34.3 Å². The van der Waals surface area contributed by atoms with Crippen molar-refractivity contribution in [2.75, 3.05) is 36.3 Å². The second-order valence-corrected chi connectivity index (χ2v) is 28.7. The monoisotopic (exact) mass is 1100 g/mol. The van der Waals surface area contributed by atoms with Gasteiger partial charge in [-0.25, -0.2) is 9.59 Å². The van der Waals surface area contributed by atoms with Crippen LogP contribution in [0.1, 0.15) is 201 Å². The van der Waals surface area contributed by atoms with Crippen LogP contribution < -0.4 is 9.80 Å². The van der Waals surface area contributed by atoms with E-state index in [9.17, 15) is 48.4 Å². The Morgan fingerprint density at radius 3 is 1.39 bits per heavy atom. The van der Waals surface area contributed by atoms with Crippen molar-refractivity contribution in [2.45, 2.75) is 189 Å². The highest BCUT2D eigenvalue weighted by Crippen LogP contribution is 2.60. The molecule has 2 aromatic rings. The average Bonchev–Trinajstić information content (AvgIpc) is 3.95. The maximum Gasteiger partial charge on any atom is 0.504 e. The Balaban J connectivity index is 0.000000292. The molecule has 2 atom stereocenters. The number of amides is 2. The van der Waals surface area contributed by atoms with E-state index in [4.69, 9.17) is 4.52 Å². The molecule has 14 nitrogen and oxygen atoms in total. The number of ketones is 1. The van der Waals surface area contributed by atoms with E-state index in [0.29, 0.717) is 78.1 Å². The second kappa shape index (κ2) is 27.5. The number of anilines is 2. The minimum absolute atomic E-state index is 0.0156. The number of Topliss-reactive ketones (excluding diaryl/α,β-unsaturated/α-hetero) is 1. The van der Waals surface area contributed by atoms with Crippen molar-refractivity contribution in [2.24, 2.45) is 34.5 Å². The summed E-state index contributed by atoms with van der Waals surface area (Å²) in [6, 6.07) is 3.07. The lowest BCUT2D eigenvalue weighted by Gasteiger charge is -2.43. The van der Waals surface area contributed by atoms with E-state index in [1.807, 2.05) is 48.5 Å². The Labute approximate surface area is 449 Å². The number of aliphatic hydroxyl groups is 1. The predicted molar refractivity (Wildman–Crippen MR) is 297 cm³/mol. The molecule has 0 bridgehead atoms. The summed E-state index contributed by atoms with van der Waals surface area (Å²) < 4.78 is 33.1. The molecule has 2 aromatic heterocycles. The number of rotatable bonds is 13. The summed E-state index contributed by atoms with van der Waals surface area (Å²) in [4.78, 5) is 68.9. The van der Waals surface area contributed by atoms with Crippen LogP contribution in [0.3, 0.4) is 0 Å². The molecule has 2 amide bonds. The van der Waals surface area contributed by atoms with Crippen LogP contribution in [0, 0.1) is 58.2 Å². The van der Waals surface area contributed by atoms with Gasteiger partial charge in [-0.15, -0.1) is 27.2 Å². The average molecular weight is 1100 g/mol. The van der Waals surface area contributed by atoms with Crippen LogP contribution in [-0.4, -0.2) is 88.8 Å². The Morgan fingerprint density at radius 2 is 1.08 bits per heavy atom. The molecule has 0 spiro atoms. The van der Waals surface area contributed by atoms with E-state index >= 15 is 0 Å². The van der Waals surface area contributed by atoms with Gasteiger partial charge in [0.1, 0.15) is 20.9 Å². The number of nitrogens with zero attached hydrogens (tertiary/aromatic N) is 2. The SMILES string of the molecule is CC1CCC(C(=O)N(c2cc(C#CC(C)(C)C)sc2C(=O)O)C2CCC(=O)CC2)CC1.CCOP(C)(=O)C1(O)CCC(N(C(=O)C2CCC(C)CC2)c2cc(C#CC(C)(C)C)sc2C(=O)O)CC1.CCO[P+](C)=O. The molecule has 410 valence electrons. The fourth-order valence-electron chi connectivity index (χ4n) is 9.91. The highest BCUT2D eigenvalue weighted by molar-refractivity contribution is 7.59. The highest BCUT2D eigenvalue weighted by atomic mass is 32.1. The van der Waals surface area contributed by atoms with Crippen molar-refractivity contribution in [3.8, 4) is 23.7 Å². The van der Waals surface area contributed by atoms with Gasteiger partial charge in [-0.1, -0.05) is 37.5 Å². The van der Waals surface area contributed by atoms with Crippen molar-refractivity contribution in [3.63, 3.8) is 0 Å². The molecule has 3 N–H and O–H groups in total. The van der Waals surface area contributed by atoms with Crippen LogP contribution in [0.4, 0.5) is 11.4 Å². The molecule has 18 heteroatoms. The Kier molecular flexibility index (Phi) is 23.4. The van der Waals surface area contributed by atoms with Crippen molar-refractivity contribution in [1.82, 2.24) is 0 Å². The first-order valence-corrected chi connectivity index (χ1v) is 31.8. The van der Waals surface area contributed by atoms with Gasteiger partial charge in [-0.05, 0) is 174 Å². The normalized spacial score (nSPS) is 24.4. The molecule has 74 heavy (non-hydrogen) atoms. The molecule has 4 fully saturated rings. The molecular weight excluding hydrogens is 1020 g/mol. The first kappa shape index (κ1) is 62.8. The lowest BCUT2D eigenvalue weighted by Crippen LogP contribution is -2.49. The lowest BCUT2D eigenvalue weighted by molar-refractivity contribution is -0.125. The number of carbonyl (C=O) groups excluding carboxylic acids is 3. The molecule has 0 radical (unpaired) electrons. The number of carbonyl (C=O) groups is 5. The van der Waals surface area contributed by atoms with Crippen LogP contribution in [0.5, 0.6) is 0 Å². The number of hydrogen-bond acceptors (Lipinski definition) is 12. The number of carboxylic acid groups (broad SMARTS) is 2. The zero-order chi connectivity index (χ0) is 55.3. The van der Waals surface area contributed by atoms with E-state index < -0.39 is 32.7 Å². The molecule has 4 saturated carbocycles. The summed E-state index contributed by atoms with van der Waals surface area (Å²) in [5.74, 6) is 11.5. The number of carboxylic acids is 2. The molecule has 0 saturated heterocycles. The van der Waals surface area contributed by atoms with Crippen molar-refractivity contribution >= 4 is 79.0 Å². The van der Waals surface area contributed by atoms with Gasteiger partial charge in [0.25, 0.3) is 0 Å². The van der Waals surface area contributed by atoms with Crippen LogP contribution in [0.2, 0.25) is 0 Å². The van der Waals surface area contributed by atoms with Gasteiger partial charge in [-0.3, -0.25) is 18.9 Å². The zero-order valence-electron chi connectivity index (χ0n) is 46.0. The summed E-state index contributed by atoms with van der Waals surface area (Å²) in [6.45, 7) is 23.8. The molecule has 6 rings (SSSR count). The van der Waals surface area contributed by atoms with E-state index in [2.05, 4.69) is 42.1 Å². The molecule has 0 aromatic carbocycles. The number of thiophene rings is 2. The Hall–Kier alpha value is -3.72. The van der Waals surface area contributed by atoms with E-state index in [1.165, 1.54) is 6.66 Å². The maximum absolute atomic E-state index is 14.0. The van der Waals surface area contributed by atoms with E-state index in [1.54, 1.807) is 35.5 Å². The van der Waals surface area contributed by atoms with Crippen LogP contribution in [-0.2, 0) is 32.6 Å². The third kappa shape index (κ3) is 18.2. The molecule has 2 heterocycles. The summed E-state index contributed by atoms with van der Waals surface area (Å²) in [5.41, 5.74) is 0.397. The molecule has 2 unspecified atom stereocenters. The highest BCUT2D eigenvalue weighted by Gasteiger charge is 2.49. The molecular formula is C56H83N2O12P2S2+. The second-order valence-electron chi connectivity index (χ2n) is 22.7. The zero-order valence-corrected chi connectivity index (χ0v) is 49.4. The first-order chi connectivity index (χ1) is 34.5. The molecule has 4 aliphatic rings. The minimum Gasteiger partial charge on any atom is -0.477 e. The van der Waals surface area contributed by atoms with Gasteiger partial charge < -0.3 is 29.6 Å². The van der Waals surface area contributed by atoms with Crippen LogP contribution >= 0.6 is 38.1 Å². The summed E-state index contributed by atoms with van der Waals surface area (Å²) in [5, 5.41) is 29.7. The van der Waals surface area contributed by atoms with Gasteiger partial charge in [0.15, 0.2) is 6.66 Å². The topological polar surface area (TPSA) is 205 Å². The summed E-state index contributed by atoms with van der Waals surface area (Å²) >= 11 is 2.23. The van der Waals surface area contributed by atoms with Crippen molar-refractivity contribution < 1.29 is 57.5 Å². The summed E-state index contributed by atoms with van der Waals surface area (Å²) in [7, 11) is -4.62.